The molecular weight excluding hydrogens is 517 g/mol. The summed E-state index contributed by atoms with van der Waals surface area (Å²) in [6.07, 6.45) is 2.47. The Hall–Kier alpha value is -3.86. The molecule has 0 spiro atoms. The van der Waals surface area contributed by atoms with Crippen LogP contribution in [0, 0.1) is 0 Å². The number of urea groups is 1. The number of anilines is 2. The summed E-state index contributed by atoms with van der Waals surface area (Å²) in [5.74, 6) is -0.925. The van der Waals surface area contributed by atoms with Crippen molar-refractivity contribution in [3.05, 3.63) is 69.2 Å². The van der Waals surface area contributed by atoms with Gasteiger partial charge in [-0.2, -0.15) is 0 Å². The molecule has 37 heavy (non-hydrogen) atoms. The Morgan fingerprint density at radius 1 is 0.973 bits per heavy atom. The van der Waals surface area contributed by atoms with Crippen LogP contribution in [0.1, 0.15) is 31.1 Å². The number of nitrogens with zero attached hydrogens (tertiary/aromatic N) is 3. The van der Waals surface area contributed by atoms with Crippen molar-refractivity contribution in [3.63, 3.8) is 0 Å². The lowest BCUT2D eigenvalue weighted by Crippen LogP contribution is -2.60. The van der Waals surface area contributed by atoms with Gasteiger partial charge in [-0.15, -0.1) is 0 Å². The van der Waals surface area contributed by atoms with Crippen molar-refractivity contribution in [1.29, 1.82) is 0 Å². The van der Waals surface area contributed by atoms with E-state index in [9.17, 15) is 14.4 Å². The van der Waals surface area contributed by atoms with Gasteiger partial charge in [0, 0.05) is 38.7 Å². The topological polar surface area (TPSA) is 150 Å². The first-order valence-electron chi connectivity index (χ1n) is 11.1. The van der Waals surface area contributed by atoms with Crippen LogP contribution in [0.3, 0.4) is 0 Å². The highest BCUT2D eigenvalue weighted by Crippen LogP contribution is 2.31. The third kappa shape index (κ3) is 5.77. The van der Waals surface area contributed by atoms with Crippen molar-refractivity contribution in [2.75, 3.05) is 10.6 Å². The van der Waals surface area contributed by atoms with Crippen molar-refractivity contribution >= 4 is 70.7 Å². The SMILES string of the molecule is CC(C)(C)NC(=O)C1(N)N=CN=C2N=CC(C(=O)c3cccc(NC(=O)Nc4cc(Cl)cc(Cl)c4)c3)=C21. The van der Waals surface area contributed by atoms with Crippen LogP contribution in [0.4, 0.5) is 16.2 Å². The lowest BCUT2D eigenvalue weighted by molar-refractivity contribution is -0.126. The summed E-state index contributed by atoms with van der Waals surface area (Å²) in [5.41, 5.74) is 5.11. The molecule has 2 aliphatic heterocycles. The standard InChI is InChI=1S/C25H23Cl2N7O3/c1-24(2,3)34-22(36)25(28)19-18(11-29-21(19)30-12-31-25)20(35)13-5-4-6-16(7-13)32-23(37)33-17-9-14(26)8-15(27)10-17/h4-12H,28H2,1-3H3,(H,34,36)(H2,32,33,37). The number of amides is 3. The molecule has 2 aromatic rings. The number of ketones is 1. The molecule has 2 heterocycles. The zero-order valence-electron chi connectivity index (χ0n) is 20.1. The predicted molar refractivity (Wildman–Crippen MR) is 146 cm³/mol. The second kappa shape index (κ2) is 9.89. The van der Waals surface area contributed by atoms with Crippen LogP contribution < -0.4 is 21.7 Å². The molecule has 0 radical (unpaired) electrons. The predicted octanol–water partition coefficient (Wildman–Crippen LogP) is 4.21. The molecule has 0 aliphatic carbocycles. The number of nitrogens with one attached hydrogen (secondary N) is 3. The third-order valence-electron chi connectivity index (χ3n) is 5.21. The Labute approximate surface area is 222 Å². The number of nitrogens with two attached hydrogens (primary N) is 1. The highest BCUT2D eigenvalue weighted by Gasteiger charge is 2.47. The average Bonchev–Trinajstić information content (AvgIpc) is 3.22. The molecule has 12 heteroatoms. The van der Waals surface area contributed by atoms with Crippen molar-refractivity contribution < 1.29 is 14.4 Å². The highest BCUT2D eigenvalue weighted by molar-refractivity contribution is 6.35. The van der Waals surface area contributed by atoms with E-state index in [1.165, 1.54) is 12.3 Å². The minimum atomic E-state index is -1.89. The second-order valence-electron chi connectivity index (χ2n) is 9.36. The summed E-state index contributed by atoms with van der Waals surface area (Å²) in [6, 6.07) is 10.3. The number of allylic oxidation sites excluding steroid dienone is 1. The summed E-state index contributed by atoms with van der Waals surface area (Å²) >= 11 is 11.9. The van der Waals surface area contributed by atoms with Gasteiger partial charge in [-0.1, -0.05) is 35.3 Å². The number of aliphatic imine (C=N–C) groups is 3. The van der Waals surface area contributed by atoms with E-state index in [0.717, 1.165) is 6.34 Å². The fourth-order valence-corrected chi connectivity index (χ4v) is 4.21. The van der Waals surface area contributed by atoms with Crippen molar-refractivity contribution in [3.8, 4) is 0 Å². The van der Waals surface area contributed by atoms with Gasteiger partial charge in [-0.05, 0) is 51.1 Å². The molecule has 10 nitrogen and oxygen atoms in total. The van der Waals surface area contributed by atoms with Crippen LogP contribution in [0.5, 0.6) is 0 Å². The molecule has 0 fully saturated rings. The number of hydrogen-bond donors (Lipinski definition) is 4. The van der Waals surface area contributed by atoms with E-state index < -0.39 is 28.9 Å². The monoisotopic (exact) mass is 539 g/mol. The number of carbonyl (C=O) groups is 3. The maximum Gasteiger partial charge on any atom is 0.323 e. The maximum atomic E-state index is 13.5. The first kappa shape index (κ1) is 26.2. The van der Waals surface area contributed by atoms with Gasteiger partial charge in [0.25, 0.3) is 5.91 Å². The van der Waals surface area contributed by atoms with E-state index in [0.29, 0.717) is 21.4 Å². The Kier molecular flexibility index (Phi) is 7.00. The highest BCUT2D eigenvalue weighted by atomic mass is 35.5. The zero-order chi connectivity index (χ0) is 27.0. The molecule has 0 saturated carbocycles. The summed E-state index contributed by atoms with van der Waals surface area (Å²) < 4.78 is 0. The van der Waals surface area contributed by atoms with Crippen molar-refractivity contribution in [2.24, 2.45) is 20.7 Å². The van der Waals surface area contributed by atoms with Gasteiger partial charge in [0.1, 0.15) is 6.34 Å². The van der Waals surface area contributed by atoms with Crippen LogP contribution in [0.15, 0.2) is 68.6 Å². The fourth-order valence-electron chi connectivity index (χ4n) is 3.68. The van der Waals surface area contributed by atoms with E-state index in [1.807, 2.05) is 0 Å². The van der Waals surface area contributed by atoms with E-state index >= 15 is 0 Å². The van der Waals surface area contributed by atoms with Gasteiger partial charge in [-0.3, -0.25) is 15.3 Å². The molecule has 0 bridgehead atoms. The minimum absolute atomic E-state index is 0.0809. The molecule has 3 amide bonds. The average molecular weight is 540 g/mol. The summed E-state index contributed by atoms with van der Waals surface area (Å²) in [7, 11) is 0. The van der Waals surface area contributed by atoms with Crippen LogP contribution in [-0.4, -0.2) is 47.3 Å². The van der Waals surface area contributed by atoms with Gasteiger partial charge in [0.15, 0.2) is 11.6 Å². The molecule has 0 saturated heterocycles. The van der Waals surface area contributed by atoms with Crippen LogP contribution in [0.2, 0.25) is 10.0 Å². The lowest BCUT2D eigenvalue weighted by atomic mass is 9.90. The van der Waals surface area contributed by atoms with Crippen LogP contribution in [-0.2, 0) is 4.79 Å². The molecule has 1 unspecified atom stereocenters. The number of hydrogen-bond acceptors (Lipinski definition) is 7. The first-order valence-corrected chi connectivity index (χ1v) is 11.8. The molecule has 4 rings (SSSR count). The third-order valence-corrected chi connectivity index (χ3v) is 5.65. The van der Waals surface area contributed by atoms with Gasteiger partial charge in [0.2, 0.25) is 5.66 Å². The molecule has 190 valence electrons. The number of carbonyl (C=O) groups excluding carboxylic acids is 3. The van der Waals surface area contributed by atoms with Gasteiger partial charge in [0.05, 0.1) is 11.1 Å². The van der Waals surface area contributed by atoms with Crippen molar-refractivity contribution in [1.82, 2.24) is 5.32 Å². The number of halogens is 2. The summed E-state index contributed by atoms with van der Waals surface area (Å²) in [5, 5.41) is 8.81. The molecular formula is C25H23Cl2N7O3. The van der Waals surface area contributed by atoms with Gasteiger partial charge in [-0.25, -0.2) is 19.8 Å². The number of fused-ring (bicyclic) bond motifs is 1. The van der Waals surface area contributed by atoms with E-state index in [-0.39, 0.29) is 22.5 Å². The molecule has 0 aromatic heterocycles. The number of benzene rings is 2. The number of rotatable bonds is 5. The Balaban J connectivity index is 1.59. The summed E-state index contributed by atoms with van der Waals surface area (Å²) in [4.78, 5) is 51.4. The summed E-state index contributed by atoms with van der Waals surface area (Å²) in [6.45, 7) is 5.41. The van der Waals surface area contributed by atoms with Gasteiger partial charge < -0.3 is 16.0 Å². The number of Topliss-reactive ketones (excluding diaryl/α,β-unsaturated/α-hetero) is 1. The Bertz CT molecular complexity index is 1420. The fraction of sp³-hybridized carbons (Fsp3) is 0.200. The first-order chi connectivity index (χ1) is 17.4. The minimum Gasteiger partial charge on any atom is -0.348 e. The quantitative estimate of drug-likeness (QED) is 0.420. The maximum absolute atomic E-state index is 13.5. The Morgan fingerprint density at radius 2 is 1.65 bits per heavy atom. The normalized spacial score (nSPS) is 18.3. The Morgan fingerprint density at radius 3 is 2.32 bits per heavy atom. The van der Waals surface area contributed by atoms with Crippen molar-refractivity contribution in [2.45, 2.75) is 32.0 Å². The molecule has 1 atom stereocenters. The van der Waals surface area contributed by atoms with E-state index in [1.54, 1.807) is 57.2 Å². The largest absolute Gasteiger partial charge is 0.348 e. The van der Waals surface area contributed by atoms with Gasteiger partial charge >= 0.3 is 6.03 Å². The molecule has 2 aromatic carbocycles. The molecule has 5 N–H and O–H groups in total. The second-order valence-corrected chi connectivity index (χ2v) is 10.2. The van der Waals surface area contributed by atoms with E-state index in [4.69, 9.17) is 28.9 Å². The lowest BCUT2D eigenvalue weighted by Gasteiger charge is -2.31. The van der Waals surface area contributed by atoms with Crippen LogP contribution >= 0.6 is 23.2 Å². The van der Waals surface area contributed by atoms with E-state index in [2.05, 4.69) is 30.9 Å². The zero-order valence-corrected chi connectivity index (χ0v) is 21.6. The number of amidine groups is 1. The smallest absolute Gasteiger partial charge is 0.323 e. The van der Waals surface area contributed by atoms with Crippen LogP contribution in [0.25, 0.3) is 0 Å². The molecule has 2 aliphatic rings.